The van der Waals surface area contributed by atoms with Crippen molar-refractivity contribution in [3.05, 3.63) is 0 Å². The first kappa shape index (κ1) is 66.7. The number of hydrogen-bond acceptors (Lipinski definition) is 10. The highest BCUT2D eigenvalue weighted by atomic mass is 16.4. The minimum absolute atomic E-state index is 0.101. The highest BCUT2D eigenvalue weighted by molar-refractivity contribution is 5.98. The summed E-state index contributed by atoms with van der Waals surface area (Å²) >= 11 is 0. The van der Waals surface area contributed by atoms with Gasteiger partial charge in [-0.05, 0) is 54.3 Å². The third-order valence-electron chi connectivity index (χ3n) is 14.5. The first-order valence-corrected chi connectivity index (χ1v) is 25.9. The summed E-state index contributed by atoms with van der Waals surface area (Å²) in [5, 5.41) is 18.2. The van der Waals surface area contributed by atoms with Crippen molar-refractivity contribution in [2.45, 2.75) is 197 Å². The summed E-state index contributed by atoms with van der Waals surface area (Å²) in [6.45, 7) is 26.5. The van der Waals surface area contributed by atoms with Crippen LogP contribution < -0.4 is 21.7 Å². The van der Waals surface area contributed by atoms with Crippen molar-refractivity contribution in [3.8, 4) is 0 Å². The van der Waals surface area contributed by atoms with Gasteiger partial charge in [0.2, 0.25) is 53.2 Å². The van der Waals surface area contributed by atoms with Crippen LogP contribution in [0.4, 0.5) is 0 Å². The SMILES string of the molecule is CCC(C)C(C(=O)N(C)C(C(=O)N(C)C(C(=O)N(C)C(C(=O)O)C(C)CC)C(C)CC)C(C)CC)N(C)C(=O)C(NC(=O)C(CC(C)C)N(C)C(=O)C(NC(=O)C(CCC(N)=O)NC(C)=O)C(C)C)C(C)C. The van der Waals surface area contributed by atoms with E-state index < -0.39 is 131 Å². The van der Waals surface area contributed by atoms with Crippen LogP contribution in [-0.2, 0) is 47.9 Å². The van der Waals surface area contributed by atoms with Gasteiger partial charge in [0.05, 0.1) is 0 Å². The summed E-state index contributed by atoms with van der Waals surface area (Å²) in [6.07, 6.45) is 1.79. The fourth-order valence-electron chi connectivity index (χ4n) is 9.04. The summed E-state index contributed by atoms with van der Waals surface area (Å²) in [5.41, 5.74) is 5.30. The summed E-state index contributed by atoms with van der Waals surface area (Å²) in [4.78, 5) is 144. The van der Waals surface area contributed by atoms with E-state index in [0.717, 1.165) is 0 Å². The third-order valence-corrected chi connectivity index (χ3v) is 14.5. The third kappa shape index (κ3) is 18.3. The van der Waals surface area contributed by atoms with Crippen molar-refractivity contribution in [3.63, 3.8) is 0 Å². The van der Waals surface area contributed by atoms with Crippen LogP contribution in [-0.4, -0.2) is 172 Å². The maximum absolute atomic E-state index is 15.0. The van der Waals surface area contributed by atoms with Gasteiger partial charge < -0.3 is 51.3 Å². The number of hydrogen-bond donors (Lipinski definition) is 5. The Kier molecular flexibility index (Phi) is 28.4. The lowest BCUT2D eigenvalue weighted by molar-refractivity contribution is -0.160. The van der Waals surface area contributed by atoms with Crippen molar-refractivity contribution in [2.75, 3.05) is 35.2 Å². The molecule has 9 amide bonds. The van der Waals surface area contributed by atoms with Crippen molar-refractivity contribution in [2.24, 2.45) is 47.2 Å². The van der Waals surface area contributed by atoms with Gasteiger partial charge >= 0.3 is 5.97 Å². The zero-order valence-electron chi connectivity index (χ0n) is 47.5. The van der Waals surface area contributed by atoms with Crippen LogP contribution in [0.2, 0.25) is 0 Å². The zero-order chi connectivity index (χ0) is 56.4. The Morgan fingerprint density at radius 2 is 0.792 bits per heavy atom. The summed E-state index contributed by atoms with van der Waals surface area (Å²) in [6, 6.07) is -9.01. The number of amides is 9. The summed E-state index contributed by atoms with van der Waals surface area (Å²) in [5.74, 6) is -9.23. The highest BCUT2D eigenvalue weighted by Gasteiger charge is 2.46. The van der Waals surface area contributed by atoms with Gasteiger partial charge in [0.25, 0.3) is 0 Å². The molecular weight excluding hydrogens is 927 g/mol. The van der Waals surface area contributed by atoms with Crippen LogP contribution in [0.25, 0.3) is 0 Å². The highest BCUT2D eigenvalue weighted by Crippen LogP contribution is 2.27. The molecule has 20 heteroatoms. The molecule has 0 rings (SSSR count). The molecule has 0 saturated carbocycles. The number of carboxylic acid groups (broad SMARTS) is 1. The molecule has 0 fully saturated rings. The molecule has 0 aliphatic carbocycles. The minimum atomic E-state index is -1.18. The fourth-order valence-corrected chi connectivity index (χ4v) is 9.04. The predicted octanol–water partition coefficient (Wildman–Crippen LogP) is 3.49. The van der Waals surface area contributed by atoms with Gasteiger partial charge in [0.1, 0.15) is 48.3 Å². The Morgan fingerprint density at radius 3 is 1.10 bits per heavy atom. The van der Waals surface area contributed by atoms with E-state index in [2.05, 4.69) is 16.0 Å². The minimum Gasteiger partial charge on any atom is -0.480 e. The number of carbonyl (C=O) groups is 10. The Balaban J connectivity index is 7.15. The quantitative estimate of drug-likeness (QED) is 0.0671. The number of likely N-dealkylation sites (N-methyl/N-ethyl adjacent to an activating group) is 5. The lowest BCUT2D eigenvalue weighted by atomic mass is 9.90. The zero-order valence-corrected chi connectivity index (χ0v) is 47.5. The van der Waals surface area contributed by atoms with Crippen LogP contribution >= 0.6 is 0 Å². The molecule has 0 aromatic heterocycles. The van der Waals surface area contributed by atoms with Gasteiger partial charge in [-0.1, -0.05) is 123 Å². The second-order valence-electron chi connectivity index (χ2n) is 21.3. The van der Waals surface area contributed by atoms with Gasteiger partial charge in [-0.2, -0.15) is 0 Å². The van der Waals surface area contributed by atoms with Gasteiger partial charge in [0.15, 0.2) is 0 Å². The number of nitrogens with zero attached hydrogens (tertiary/aromatic N) is 5. The molecule has 0 saturated heterocycles. The van der Waals surface area contributed by atoms with E-state index in [9.17, 15) is 48.3 Å². The van der Waals surface area contributed by atoms with E-state index >= 15 is 4.79 Å². The fraction of sp³-hybridized carbons (Fsp3) is 0.808. The first-order valence-electron chi connectivity index (χ1n) is 25.9. The van der Waals surface area contributed by atoms with Gasteiger partial charge in [-0.3, -0.25) is 43.2 Å². The maximum atomic E-state index is 15.0. The number of nitrogens with one attached hydrogen (secondary N) is 3. The lowest BCUT2D eigenvalue weighted by Crippen LogP contribution is -2.63. The Bertz CT molecular complexity index is 1860. The van der Waals surface area contributed by atoms with E-state index in [1.165, 1.54) is 66.7 Å². The average Bonchev–Trinajstić information content (AvgIpc) is 3.30. The molecule has 414 valence electrons. The maximum Gasteiger partial charge on any atom is 0.326 e. The smallest absolute Gasteiger partial charge is 0.326 e. The number of aliphatic carboxylic acids is 1. The van der Waals surface area contributed by atoms with Crippen molar-refractivity contribution in [1.29, 1.82) is 0 Å². The molecule has 12 unspecified atom stereocenters. The van der Waals surface area contributed by atoms with Gasteiger partial charge in [-0.25, -0.2) is 4.79 Å². The monoisotopic (exact) mass is 1020 g/mol. The van der Waals surface area contributed by atoms with Gasteiger partial charge in [-0.15, -0.1) is 0 Å². The largest absolute Gasteiger partial charge is 0.480 e. The van der Waals surface area contributed by atoms with E-state index in [1.807, 2.05) is 62.3 Å². The standard InChI is InChI=1S/C52H95N9O11/c1-21-31(11)41(49(68)59(18)42(32(12)22-2)50(69)60(19)43(33(13)23-3)51(70)61(20)44(52(71)72)34(14)24-4)58(17)48(67)40(30(9)10)56-46(65)37(27-28(5)6)57(16)47(66)39(29(7)8)55-45(64)36(54-35(15)62)25-26-38(53)63/h28-34,36-37,39-44H,21-27H2,1-20H3,(H2,53,63)(H,54,62)(H,55,64)(H,56,65)(H,71,72). The second-order valence-corrected chi connectivity index (χ2v) is 21.3. The normalized spacial score (nSPS) is 16.5. The summed E-state index contributed by atoms with van der Waals surface area (Å²) in [7, 11) is 7.37. The first-order chi connectivity index (χ1) is 33.2. The van der Waals surface area contributed by atoms with Crippen LogP contribution in [0.3, 0.4) is 0 Å². The van der Waals surface area contributed by atoms with Crippen LogP contribution in [0.1, 0.15) is 149 Å². The molecule has 0 spiro atoms. The molecule has 72 heavy (non-hydrogen) atoms. The molecular formula is C52H95N9O11. The molecule has 0 aliphatic rings. The predicted molar refractivity (Wildman–Crippen MR) is 277 cm³/mol. The number of carboxylic acids is 1. The van der Waals surface area contributed by atoms with Crippen LogP contribution in [0, 0.1) is 41.4 Å². The van der Waals surface area contributed by atoms with Crippen LogP contribution in [0.5, 0.6) is 0 Å². The number of carbonyl (C=O) groups excluding carboxylic acids is 9. The van der Waals surface area contributed by atoms with Crippen molar-refractivity contribution >= 4 is 59.1 Å². The second kappa shape index (κ2) is 30.7. The molecule has 0 aromatic carbocycles. The number of primary amides is 1. The average molecular weight is 1020 g/mol. The van der Waals surface area contributed by atoms with Crippen molar-refractivity contribution in [1.82, 2.24) is 40.4 Å². The Hall–Kier alpha value is -5.30. The number of rotatable bonds is 31. The molecule has 0 aromatic rings. The Labute approximate surface area is 431 Å². The molecule has 0 aliphatic heterocycles. The van der Waals surface area contributed by atoms with E-state index in [-0.39, 0.29) is 37.0 Å². The lowest BCUT2D eigenvalue weighted by Gasteiger charge is -2.43. The molecule has 0 bridgehead atoms. The number of nitrogens with two attached hydrogens (primary N) is 1. The van der Waals surface area contributed by atoms with Crippen molar-refractivity contribution < 1.29 is 53.1 Å². The molecule has 20 nitrogen and oxygen atoms in total. The van der Waals surface area contributed by atoms with E-state index in [4.69, 9.17) is 5.73 Å². The molecule has 0 radical (unpaired) electrons. The molecule has 6 N–H and O–H groups in total. The molecule has 0 heterocycles. The molecule has 12 atom stereocenters. The Morgan fingerprint density at radius 1 is 0.472 bits per heavy atom. The van der Waals surface area contributed by atoms with Crippen LogP contribution in [0.15, 0.2) is 0 Å². The van der Waals surface area contributed by atoms with Gasteiger partial charge in [0, 0.05) is 48.6 Å². The topological polar surface area (TPSA) is 269 Å². The van der Waals surface area contributed by atoms with E-state index in [0.29, 0.717) is 25.7 Å². The van der Waals surface area contributed by atoms with E-state index in [1.54, 1.807) is 34.6 Å². The summed E-state index contributed by atoms with van der Waals surface area (Å²) < 4.78 is 0.